The maximum atomic E-state index is 2.26. The molecule has 624 valence electrons. The zero-order valence-electron chi connectivity index (χ0n) is 74.8. The quantitative estimate of drug-likeness (QED) is 0.114. The van der Waals surface area contributed by atoms with Crippen LogP contribution in [0.25, 0.3) is 134 Å². The van der Waals surface area contributed by atoms with Gasteiger partial charge in [0.2, 0.25) is 0 Å². The van der Waals surface area contributed by atoms with Crippen LogP contribution in [0.2, 0.25) is 0 Å². The summed E-state index contributed by atoms with van der Waals surface area (Å²) in [4.78, 5) is 0. The van der Waals surface area contributed by atoms with E-state index in [1.54, 1.807) is 0 Å². The Morgan fingerprint density at radius 3 is 0.398 bits per heavy atom. The van der Waals surface area contributed by atoms with Crippen molar-refractivity contribution in [2.45, 2.75) is 55.4 Å². The SMILES string of the molecule is Cc1cc(-c2ccccc2)cc(-c2ccccc2)c1.Cc1ccc(-c2ccc(-c3ccccc3)cc2)cc1.Cc1ccc(-c2cccc(-c3ccccc3)c2)cc1.Cc1ccc(-c2ccccc2)cc1.Cc1cccc(-c2ccc(-c3ccccc3)cc2)c1.Cc1cccc(-c2cccc(-c3ccccc3)c2)c1.Cc1cccc(-c2ccccc2)c1.Cc1ccccc1. The first-order chi connectivity index (χ1) is 62.7. The Hall–Kier alpha value is -15.6. The van der Waals surface area contributed by atoms with Crippen molar-refractivity contribution in [1.82, 2.24) is 0 Å². The number of aryl methyl sites for hydroxylation is 8. The third-order valence-electron chi connectivity index (χ3n) is 21.9. The van der Waals surface area contributed by atoms with Gasteiger partial charge in [-0.1, -0.05) is 555 Å². The van der Waals surface area contributed by atoms with Gasteiger partial charge in [-0.15, -0.1) is 0 Å². The van der Waals surface area contributed by atoms with Crippen molar-refractivity contribution in [2.75, 3.05) is 0 Å². The Balaban J connectivity index is 0.000000126. The van der Waals surface area contributed by atoms with Crippen LogP contribution in [-0.2, 0) is 0 Å². The highest BCUT2D eigenvalue weighted by Crippen LogP contribution is 2.33. The van der Waals surface area contributed by atoms with E-state index in [-0.39, 0.29) is 0 Å². The summed E-state index contributed by atoms with van der Waals surface area (Å²) >= 11 is 0. The summed E-state index contributed by atoms with van der Waals surface area (Å²) < 4.78 is 0. The molecule has 0 aromatic heterocycles. The molecule has 0 nitrogen and oxygen atoms in total. The summed E-state index contributed by atoms with van der Waals surface area (Å²) in [6.45, 7) is 16.9. The van der Waals surface area contributed by atoms with Gasteiger partial charge in [-0.25, -0.2) is 0 Å². The molecule has 0 fully saturated rings. The van der Waals surface area contributed by atoms with E-state index in [2.05, 4.69) is 535 Å². The third-order valence-corrected chi connectivity index (χ3v) is 21.9. The summed E-state index contributed by atoms with van der Waals surface area (Å²) in [5.74, 6) is 0. The highest BCUT2D eigenvalue weighted by atomic mass is 14.1. The second-order valence-corrected chi connectivity index (χ2v) is 32.2. The third kappa shape index (κ3) is 28.2. The molecule has 0 unspecified atom stereocenters. The lowest BCUT2D eigenvalue weighted by Gasteiger charge is -2.08. The van der Waals surface area contributed by atoms with Crippen LogP contribution < -0.4 is 0 Å². The molecule has 0 N–H and O–H groups in total. The molecule has 0 amide bonds. The molecular formula is C128H112. The first kappa shape index (κ1) is 90.1. The molecule has 20 rings (SSSR count). The average Bonchev–Trinajstić information content (AvgIpc) is 0.837. The van der Waals surface area contributed by atoms with Crippen molar-refractivity contribution in [3.05, 3.63) is 578 Å². The van der Waals surface area contributed by atoms with Crippen LogP contribution in [0.1, 0.15) is 44.5 Å². The van der Waals surface area contributed by atoms with Crippen molar-refractivity contribution >= 4 is 0 Å². The van der Waals surface area contributed by atoms with Gasteiger partial charge in [0.1, 0.15) is 0 Å². The minimum atomic E-state index is 1.26. The summed E-state index contributed by atoms with van der Waals surface area (Å²) in [5.41, 5.74) is 40.9. The monoisotopic (exact) mass is 1650 g/mol. The van der Waals surface area contributed by atoms with Crippen molar-refractivity contribution in [3.63, 3.8) is 0 Å². The molecule has 0 heterocycles. The van der Waals surface area contributed by atoms with Crippen LogP contribution in [-0.4, -0.2) is 0 Å². The molecule has 128 heavy (non-hydrogen) atoms. The Kier molecular flexibility index (Phi) is 33.7. The van der Waals surface area contributed by atoms with Crippen molar-refractivity contribution in [3.8, 4) is 134 Å². The van der Waals surface area contributed by atoms with E-state index in [1.165, 1.54) is 178 Å². The van der Waals surface area contributed by atoms with Gasteiger partial charge >= 0.3 is 0 Å². The maximum Gasteiger partial charge on any atom is -0.0175 e. The van der Waals surface area contributed by atoms with Gasteiger partial charge in [0.15, 0.2) is 0 Å². The molecule has 0 heteroatoms. The molecule has 0 saturated carbocycles. The molecule has 0 aliphatic carbocycles. The summed E-state index contributed by atoms with van der Waals surface area (Å²) in [6.07, 6.45) is 0. The van der Waals surface area contributed by atoms with Crippen LogP contribution in [0, 0.1) is 55.4 Å². The molecule has 20 aromatic carbocycles. The average molecular weight is 1650 g/mol. The normalized spacial score (nSPS) is 10.2. The first-order valence-corrected chi connectivity index (χ1v) is 44.1. The second-order valence-electron chi connectivity index (χ2n) is 32.2. The van der Waals surface area contributed by atoms with E-state index in [0.717, 1.165) is 0 Å². The molecular weight excluding hydrogens is 1540 g/mol. The van der Waals surface area contributed by atoms with Gasteiger partial charge in [-0.3, -0.25) is 0 Å². The van der Waals surface area contributed by atoms with Crippen LogP contribution >= 0.6 is 0 Å². The standard InChI is InChI=1S/5C19H16.2C13H12.C7H8/c1-15-12-18(16-8-4-2-5-9-16)14-19(13-15)17-10-6-3-7-11-17;1-15-7-5-10-17(13-15)19-12-6-11-18(14-19)16-8-3-2-4-9-16;1-15-6-5-9-19(14-15)18-12-10-17(11-13-18)16-7-3-2-4-8-16;1-15-10-12-17(13-11-15)19-9-5-8-18(14-19)16-6-3-2-4-7-16;1-15-7-9-17(10-8-15)19-13-11-18(12-14-19)16-5-3-2-4-6-16;1-11-6-5-9-13(10-11)12-7-3-2-4-8-12;1-11-7-9-13(10-8-11)12-5-3-2-4-6-12;1-7-5-3-2-4-6-7/h5*2-14H,1H3;2*2-10H,1H3;2-6H,1H3. The van der Waals surface area contributed by atoms with Crippen LogP contribution in [0.5, 0.6) is 0 Å². The number of hydrogen-bond donors (Lipinski definition) is 0. The van der Waals surface area contributed by atoms with Gasteiger partial charge in [-0.05, 0) is 213 Å². The fourth-order valence-corrected chi connectivity index (χ4v) is 14.9. The molecule has 0 aliphatic rings. The predicted octanol–water partition coefficient (Wildman–Crippen LogP) is 36.0. The highest BCUT2D eigenvalue weighted by Gasteiger charge is 2.08. The van der Waals surface area contributed by atoms with E-state index < -0.39 is 0 Å². The van der Waals surface area contributed by atoms with Crippen LogP contribution in [0.3, 0.4) is 0 Å². The minimum Gasteiger partial charge on any atom is -0.0622 e. The van der Waals surface area contributed by atoms with Crippen molar-refractivity contribution in [2.24, 2.45) is 0 Å². The van der Waals surface area contributed by atoms with Gasteiger partial charge < -0.3 is 0 Å². The topological polar surface area (TPSA) is 0 Å². The summed E-state index contributed by atoms with van der Waals surface area (Å²) in [5, 5.41) is 0. The molecule has 0 saturated heterocycles. The molecule has 0 radical (unpaired) electrons. The number of benzene rings is 20. The van der Waals surface area contributed by atoms with E-state index in [4.69, 9.17) is 0 Å². The van der Waals surface area contributed by atoms with Crippen LogP contribution in [0.15, 0.2) is 534 Å². The second kappa shape index (κ2) is 47.9. The van der Waals surface area contributed by atoms with Crippen molar-refractivity contribution in [1.29, 1.82) is 0 Å². The van der Waals surface area contributed by atoms with Gasteiger partial charge in [-0.2, -0.15) is 0 Å². The van der Waals surface area contributed by atoms with Gasteiger partial charge in [0, 0.05) is 0 Å². The van der Waals surface area contributed by atoms with Gasteiger partial charge in [0.25, 0.3) is 0 Å². The molecule has 0 aliphatic heterocycles. The predicted molar refractivity (Wildman–Crippen MR) is 555 cm³/mol. The van der Waals surface area contributed by atoms with E-state index in [9.17, 15) is 0 Å². The highest BCUT2D eigenvalue weighted by molar-refractivity contribution is 5.78. The fourth-order valence-electron chi connectivity index (χ4n) is 14.9. The fraction of sp³-hybridized carbons (Fsp3) is 0.0625. The zero-order valence-corrected chi connectivity index (χ0v) is 74.8. The van der Waals surface area contributed by atoms with Crippen LogP contribution in [0.4, 0.5) is 0 Å². The Morgan fingerprint density at radius 1 is 0.0703 bits per heavy atom. The largest absolute Gasteiger partial charge is 0.0622 e. The molecule has 20 aromatic rings. The molecule has 0 spiro atoms. The lowest BCUT2D eigenvalue weighted by Crippen LogP contribution is -1.84. The molecule has 0 atom stereocenters. The van der Waals surface area contributed by atoms with Gasteiger partial charge in [0.05, 0.1) is 0 Å². The summed E-state index contributed by atoms with van der Waals surface area (Å²) in [7, 11) is 0. The number of hydrogen-bond acceptors (Lipinski definition) is 0. The Labute approximate surface area is 761 Å². The zero-order chi connectivity index (χ0) is 88.7. The van der Waals surface area contributed by atoms with E-state index in [1.807, 2.05) is 54.6 Å². The first-order valence-electron chi connectivity index (χ1n) is 44.1. The minimum absolute atomic E-state index is 1.26. The number of rotatable bonds is 12. The van der Waals surface area contributed by atoms with E-state index in [0.29, 0.717) is 0 Å². The smallest absolute Gasteiger partial charge is 0.0175 e. The lowest BCUT2D eigenvalue weighted by atomic mass is 9.97. The Morgan fingerprint density at radius 2 is 0.188 bits per heavy atom. The molecule has 0 bridgehead atoms. The summed E-state index contributed by atoms with van der Waals surface area (Å²) in [6, 6.07) is 188. The maximum absolute atomic E-state index is 2.26. The Bertz CT molecular complexity index is 6560. The van der Waals surface area contributed by atoms with Crippen molar-refractivity contribution < 1.29 is 0 Å². The lowest BCUT2D eigenvalue weighted by molar-refractivity contribution is 1.46. The van der Waals surface area contributed by atoms with E-state index >= 15 is 0 Å².